The van der Waals surface area contributed by atoms with Gasteiger partial charge in [0.25, 0.3) is 0 Å². The number of urea groups is 1. The zero-order valence-electron chi connectivity index (χ0n) is 25.3. The number of benzene rings is 1. The van der Waals surface area contributed by atoms with E-state index in [0.29, 0.717) is 43.1 Å². The molecule has 5 rings (SSSR count). The number of likely N-dealkylation sites (tertiary alicyclic amines) is 1. The monoisotopic (exact) mass is 597 g/mol. The molecule has 1 aliphatic carbocycles. The molecule has 3 heterocycles. The van der Waals surface area contributed by atoms with E-state index in [1.54, 1.807) is 7.11 Å². The van der Waals surface area contributed by atoms with Crippen LogP contribution in [0.15, 0.2) is 23.6 Å². The molecule has 10 heteroatoms. The van der Waals surface area contributed by atoms with E-state index in [-0.39, 0.29) is 12.0 Å². The number of piperidine rings is 1. The predicted octanol–water partition coefficient (Wildman–Crippen LogP) is 5.68. The minimum atomic E-state index is -0.105. The van der Waals surface area contributed by atoms with Gasteiger partial charge < -0.3 is 19.3 Å². The summed E-state index contributed by atoms with van der Waals surface area (Å²) >= 11 is 1.46. The summed E-state index contributed by atoms with van der Waals surface area (Å²) in [6.45, 7) is 9.37. The summed E-state index contributed by atoms with van der Waals surface area (Å²) in [4.78, 5) is 36.4. The Hall–Kier alpha value is -2.69. The van der Waals surface area contributed by atoms with Gasteiger partial charge in [-0.05, 0) is 68.7 Å². The van der Waals surface area contributed by atoms with E-state index in [0.717, 1.165) is 56.3 Å². The van der Waals surface area contributed by atoms with Gasteiger partial charge in [0.05, 0.1) is 25.8 Å². The molecule has 0 spiro atoms. The van der Waals surface area contributed by atoms with Crippen molar-refractivity contribution >= 4 is 28.5 Å². The Labute approximate surface area is 254 Å². The molecule has 3 aliphatic rings. The smallest absolute Gasteiger partial charge is 0.323 e. The molecule has 1 atom stereocenters. The van der Waals surface area contributed by atoms with E-state index >= 15 is 0 Å². The van der Waals surface area contributed by atoms with Gasteiger partial charge in [-0.1, -0.05) is 25.3 Å². The second-order valence-corrected chi connectivity index (χ2v) is 12.8. The fourth-order valence-electron chi connectivity index (χ4n) is 6.73. The Bertz CT molecular complexity index is 1180. The molecular weight excluding hydrogens is 550 g/mol. The fourth-order valence-corrected chi connectivity index (χ4v) is 7.43. The number of anilines is 1. The summed E-state index contributed by atoms with van der Waals surface area (Å²) in [5, 5.41) is 5.67. The first-order chi connectivity index (χ1) is 20.5. The van der Waals surface area contributed by atoms with Crippen molar-refractivity contribution in [2.75, 3.05) is 71.4 Å². The van der Waals surface area contributed by atoms with E-state index < -0.39 is 0 Å². The number of piperazine rings is 1. The number of rotatable bonds is 10. The Morgan fingerprint density at radius 3 is 2.60 bits per heavy atom. The van der Waals surface area contributed by atoms with Gasteiger partial charge in [0.1, 0.15) is 5.75 Å². The molecule has 2 saturated heterocycles. The minimum Gasteiger partial charge on any atom is -0.496 e. The highest BCUT2D eigenvalue weighted by atomic mass is 32.1. The van der Waals surface area contributed by atoms with Gasteiger partial charge in [-0.15, -0.1) is 11.3 Å². The Morgan fingerprint density at radius 1 is 1.02 bits per heavy atom. The maximum Gasteiger partial charge on any atom is 0.323 e. The van der Waals surface area contributed by atoms with Crippen molar-refractivity contribution < 1.29 is 19.1 Å². The highest BCUT2D eigenvalue weighted by molar-refractivity contribution is 7.14. The van der Waals surface area contributed by atoms with Crippen molar-refractivity contribution in [2.24, 2.45) is 5.92 Å². The third kappa shape index (κ3) is 8.23. The van der Waals surface area contributed by atoms with Crippen LogP contribution in [0.3, 0.4) is 0 Å². The largest absolute Gasteiger partial charge is 0.496 e. The van der Waals surface area contributed by atoms with Crippen LogP contribution >= 0.6 is 11.3 Å². The lowest BCUT2D eigenvalue weighted by molar-refractivity contribution is -0.143. The quantitative estimate of drug-likeness (QED) is 0.353. The second-order valence-electron chi connectivity index (χ2n) is 11.9. The van der Waals surface area contributed by atoms with E-state index in [2.05, 4.69) is 33.3 Å². The SMILES string of the molecule is CCOC(=O)CCN1CCC[C@@H](CN2CCN(C(=O)Nc3nc(-c4cc(C5CCCCC5)ccc4OC)cs3)CC2)C1. The first kappa shape index (κ1) is 30.8. The number of thiazole rings is 1. The lowest BCUT2D eigenvalue weighted by Crippen LogP contribution is -2.52. The lowest BCUT2D eigenvalue weighted by Gasteiger charge is -2.39. The number of aromatic nitrogens is 1. The number of nitrogens with one attached hydrogen (secondary N) is 1. The molecule has 1 aromatic carbocycles. The number of carbonyl (C=O) groups is 2. The van der Waals surface area contributed by atoms with Crippen LogP contribution in [0, 0.1) is 5.92 Å². The summed E-state index contributed by atoms with van der Waals surface area (Å²) in [6.07, 6.45) is 9.27. The van der Waals surface area contributed by atoms with Gasteiger partial charge >= 0.3 is 12.0 Å². The predicted molar refractivity (Wildman–Crippen MR) is 167 cm³/mol. The number of esters is 1. The summed E-state index contributed by atoms with van der Waals surface area (Å²) < 4.78 is 10.8. The van der Waals surface area contributed by atoms with Crippen LogP contribution in [0.25, 0.3) is 11.3 Å². The molecule has 2 aliphatic heterocycles. The highest BCUT2D eigenvalue weighted by Crippen LogP contribution is 2.38. The Kier molecular flexibility index (Phi) is 11.1. The second kappa shape index (κ2) is 15.2. The summed E-state index contributed by atoms with van der Waals surface area (Å²) in [7, 11) is 1.70. The standard InChI is InChI=1S/C32H47N5O4S/c1-3-41-30(38)13-15-35-14-7-8-24(21-35)22-36-16-18-37(19-17-36)32(39)34-31-33-28(23-42-31)27-20-26(11-12-29(27)40-2)25-9-5-4-6-10-25/h11-12,20,23-25H,3-10,13-19,21-22H2,1-2H3,(H,33,34,39)/t24-/m1/s1. The van der Waals surface area contributed by atoms with Crippen molar-refractivity contribution in [1.29, 1.82) is 0 Å². The van der Waals surface area contributed by atoms with Crippen molar-refractivity contribution in [3.8, 4) is 17.0 Å². The maximum atomic E-state index is 13.1. The lowest BCUT2D eigenvalue weighted by atomic mass is 9.83. The van der Waals surface area contributed by atoms with Crippen molar-refractivity contribution in [3.05, 3.63) is 29.1 Å². The Morgan fingerprint density at radius 2 is 1.83 bits per heavy atom. The van der Waals surface area contributed by atoms with Crippen LogP contribution < -0.4 is 10.1 Å². The molecular formula is C32H47N5O4S. The van der Waals surface area contributed by atoms with E-state index in [1.807, 2.05) is 17.2 Å². The molecule has 42 heavy (non-hydrogen) atoms. The van der Waals surface area contributed by atoms with Crippen LogP contribution in [0.5, 0.6) is 5.75 Å². The van der Waals surface area contributed by atoms with Gasteiger partial charge in [-0.3, -0.25) is 15.0 Å². The van der Waals surface area contributed by atoms with Crippen LogP contribution in [0.1, 0.15) is 69.8 Å². The number of nitrogens with zero attached hydrogens (tertiary/aromatic N) is 4. The number of hydrogen-bond acceptors (Lipinski definition) is 8. The molecule has 2 aromatic rings. The first-order valence-electron chi connectivity index (χ1n) is 15.8. The molecule has 9 nitrogen and oxygen atoms in total. The molecule has 1 saturated carbocycles. The molecule has 230 valence electrons. The van der Waals surface area contributed by atoms with Gasteiger partial charge in [-0.2, -0.15) is 0 Å². The Balaban J connectivity index is 1.09. The summed E-state index contributed by atoms with van der Waals surface area (Å²) in [6, 6.07) is 6.41. The first-order valence-corrected chi connectivity index (χ1v) is 16.7. The number of methoxy groups -OCH3 is 1. The number of amides is 2. The summed E-state index contributed by atoms with van der Waals surface area (Å²) in [5.41, 5.74) is 3.20. The van der Waals surface area contributed by atoms with Crippen LogP contribution in [-0.2, 0) is 9.53 Å². The average molecular weight is 598 g/mol. The maximum absolute atomic E-state index is 13.1. The zero-order valence-corrected chi connectivity index (χ0v) is 26.1. The molecule has 3 fully saturated rings. The molecule has 1 N–H and O–H groups in total. The highest BCUT2D eigenvalue weighted by Gasteiger charge is 2.27. The van der Waals surface area contributed by atoms with E-state index in [1.165, 1.54) is 61.8 Å². The van der Waals surface area contributed by atoms with E-state index in [9.17, 15) is 9.59 Å². The number of ether oxygens (including phenoxy) is 2. The fraction of sp³-hybridized carbons (Fsp3) is 0.656. The minimum absolute atomic E-state index is 0.0821. The molecule has 0 bridgehead atoms. The zero-order chi connectivity index (χ0) is 29.3. The number of carbonyl (C=O) groups excluding carboxylic acids is 2. The van der Waals surface area contributed by atoms with Crippen LogP contribution in [0.2, 0.25) is 0 Å². The van der Waals surface area contributed by atoms with Crippen molar-refractivity contribution in [1.82, 2.24) is 19.7 Å². The molecule has 2 amide bonds. The molecule has 1 aromatic heterocycles. The van der Waals surface area contributed by atoms with Gasteiger partial charge in [-0.25, -0.2) is 9.78 Å². The number of hydrogen-bond donors (Lipinski definition) is 1. The van der Waals surface area contributed by atoms with Crippen LogP contribution in [0.4, 0.5) is 9.93 Å². The average Bonchev–Trinajstić information content (AvgIpc) is 3.49. The molecule has 0 unspecified atom stereocenters. The van der Waals surface area contributed by atoms with Crippen molar-refractivity contribution in [2.45, 2.75) is 64.2 Å². The normalized spacial score (nSPS) is 20.8. The van der Waals surface area contributed by atoms with Gasteiger partial charge in [0.15, 0.2) is 5.13 Å². The van der Waals surface area contributed by atoms with Crippen molar-refractivity contribution in [3.63, 3.8) is 0 Å². The topological polar surface area (TPSA) is 87.2 Å². The third-order valence-electron chi connectivity index (χ3n) is 9.01. The van der Waals surface area contributed by atoms with Crippen LogP contribution in [-0.4, -0.2) is 97.8 Å². The van der Waals surface area contributed by atoms with Gasteiger partial charge in [0, 0.05) is 56.8 Å². The van der Waals surface area contributed by atoms with E-state index in [4.69, 9.17) is 14.5 Å². The third-order valence-corrected chi connectivity index (χ3v) is 9.77. The molecule has 0 radical (unpaired) electrons. The van der Waals surface area contributed by atoms with Gasteiger partial charge in [0.2, 0.25) is 0 Å². The summed E-state index contributed by atoms with van der Waals surface area (Å²) in [5.74, 6) is 1.91.